The monoisotopic (exact) mass is 230 g/mol. The molecule has 2 heteroatoms. The third-order valence-corrected chi connectivity index (χ3v) is 2.69. The first-order chi connectivity index (χ1) is 7.67. The predicted molar refractivity (Wildman–Crippen MR) is 75.3 cm³/mol. The Kier molecular flexibility index (Phi) is 14.8. The molecule has 0 aromatic heterocycles. The van der Waals surface area contributed by atoms with Gasteiger partial charge in [0.05, 0.1) is 0 Å². The summed E-state index contributed by atoms with van der Waals surface area (Å²) in [6.07, 6.45) is 6.56. The molecule has 0 aromatic rings. The summed E-state index contributed by atoms with van der Waals surface area (Å²) in [5.74, 6) is 6.56. The molecule has 2 N–H and O–H groups in total. The van der Waals surface area contributed by atoms with Crippen LogP contribution in [-0.4, -0.2) is 17.6 Å². The maximum Gasteiger partial charge on any atom is 0.0279 e. The molecule has 1 rings (SSSR count). The molecule has 0 radical (unpaired) electrons. The lowest BCUT2D eigenvalue weighted by molar-refractivity contribution is 0.0179. The van der Waals surface area contributed by atoms with Gasteiger partial charge in [-0.3, -0.25) is 5.84 Å². The van der Waals surface area contributed by atoms with Crippen LogP contribution in [0.2, 0.25) is 0 Å². The molecular formula is C14H34N2. The van der Waals surface area contributed by atoms with Crippen molar-refractivity contribution in [2.24, 2.45) is 11.8 Å². The summed E-state index contributed by atoms with van der Waals surface area (Å²) >= 11 is 0. The smallest absolute Gasteiger partial charge is 0.0279 e. The third kappa shape index (κ3) is 8.12. The van der Waals surface area contributed by atoms with E-state index in [2.05, 4.69) is 27.7 Å². The van der Waals surface area contributed by atoms with Gasteiger partial charge in [-0.05, 0) is 12.3 Å². The average molecular weight is 230 g/mol. The lowest BCUT2D eigenvalue weighted by atomic mass is 9.88. The molecule has 1 saturated heterocycles. The fourth-order valence-electron chi connectivity index (χ4n) is 1.83. The first-order valence-electron chi connectivity index (χ1n) is 7.18. The topological polar surface area (TPSA) is 29.3 Å². The Morgan fingerprint density at radius 3 is 1.94 bits per heavy atom. The second-order valence-electron chi connectivity index (χ2n) is 4.44. The fraction of sp³-hybridized carbons (Fsp3) is 1.00. The highest BCUT2D eigenvalue weighted by Crippen LogP contribution is 2.25. The number of rotatable bonds is 4. The summed E-state index contributed by atoms with van der Waals surface area (Å²) in [6.45, 7) is 13.9. The number of nitrogens with two attached hydrogens (primary N) is 1. The quantitative estimate of drug-likeness (QED) is 0.579. The maximum absolute atomic E-state index is 5.73. The molecule has 1 fully saturated rings. The summed E-state index contributed by atoms with van der Waals surface area (Å²) in [5, 5.41) is 1.99. The van der Waals surface area contributed by atoms with Crippen LogP contribution in [-0.2, 0) is 0 Å². The van der Waals surface area contributed by atoms with E-state index in [0.717, 1.165) is 12.5 Å². The molecule has 0 spiro atoms. The van der Waals surface area contributed by atoms with Crippen LogP contribution in [0.15, 0.2) is 0 Å². The minimum atomic E-state index is 0.682. The molecule has 1 heterocycles. The van der Waals surface area contributed by atoms with Crippen molar-refractivity contribution in [3.8, 4) is 0 Å². The Morgan fingerprint density at radius 2 is 1.62 bits per heavy atom. The van der Waals surface area contributed by atoms with Gasteiger partial charge in [0.1, 0.15) is 0 Å². The summed E-state index contributed by atoms with van der Waals surface area (Å²) in [7, 11) is 0. The molecule has 2 nitrogen and oxygen atoms in total. The Bertz CT molecular complexity index is 118. The number of hydrogen-bond donors (Lipinski definition) is 1. The van der Waals surface area contributed by atoms with Gasteiger partial charge in [-0.2, -0.15) is 0 Å². The number of nitrogens with zero attached hydrogens (tertiary/aromatic N) is 1. The van der Waals surface area contributed by atoms with E-state index in [1.807, 2.05) is 18.9 Å². The standard InChI is InChI=1S/C9H20N2.C3H8.C2H6/c1-3-4-5-6-9-8(2)7-11(9)10;1-3-2;1-2/h8-9H,3-7,10H2,1-2H3;3H2,1-2H3;1-2H3. The number of hydrogen-bond acceptors (Lipinski definition) is 2. The van der Waals surface area contributed by atoms with Crippen molar-refractivity contribution in [3.05, 3.63) is 0 Å². The first-order valence-corrected chi connectivity index (χ1v) is 7.18. The molecule has 1 aliphatic heterocycles. The molecule has 0 bridgehead atoms. The van der Waals surface area contributed by atoms with Crippen molar-refractivity contribution in [2.45, 2.75) is 79.7 Å². The first kappa shape index (κ1) is 18.3. The highest BCUT2D eigenvalue weighted by Gasteiger charge is 2.32. The molecule has 0 amide bonds. The molecule has 0 aromatic carbocycles. The number of hydrazine groups is 1. The molecule has 0 aliphatic carbocycles. The second kappa shape index (κ2) is 13.0. The SMILES string of the molecule is CC.CCC.CCCCCC1C(C)CN1N. The van der Waals surface area contributed by atoms with E-state index in [1.165, 1.54) is 32.1 Å². The lowest BCUT2D eigenvalue weighted by Gasteiger charge is -2.43. The lowest BCUT2D eigenvalue weighted by Crippen LogP contribution is -2.58. The molecule has 100 valence electrons. The highest BCUT2D eigenvalue weighted by molar-refractivity contribution is 4.84. The van der Waals surface area contributed by atoms with Gasteiger partial charge in [0, 0.05) is 12.6 Å². The van der Waals surface area contributed by atoms with Gasteiger partial charge in [0.15, 0.2) is 0 Å². The fourth-order valence-corrected chi connectivity index (χ4v) is 1.83. The van der Waals surface area contributed by atoms with Crippen molar-refractivity contribution in [3.63, 3.8) is 0 Å². The van der Waals surface area contributed by atoms with Gasteiger partial charge in [-0.15, -0.1) is 0 Å². The van der Waals surface area contributed by atoms with Crippen molar-refractivity contribution < 1.29 is 0 Å². The van der Waals surface area contributed by atoms with Gasteiger partial charge >= 0.3 is 0 Å². The van der Waals surface area contributed by atoms with E-state index >= 15 is 0 Å². The van der Waals surface area contributed by atoms with E-state index in [9.17, 15) is 0 Å². The largest absolute Gasteiger partial charge is 0.269 e. The molecular weight excluding hydrogens is 196 g/mol. The van der Waals surface area contributed by atoms with Crippen LogP contribution in [0.5, 0.6) is 0 Å². The molecule has 1 aliphatic rings. The van der Waals surface area contributed by atoms with Crippen molar-refractivity contribution >= 4 is 0 Å². The predicted octanol–water partition coefficient (Wildman–Crippen LogP) is 4.20. The van der Waals surface area contributed by atoms with Crippen molar-refractivity contribution in [1.82, 2.24) is 5.01 Å². The van der Waals surface area contributed by atoms with Crippen LogP contribution < -0.4 is 5.84 Å². The zero-order valence-electron chi connectivity index (χ0n) is 12.4. The van der Waals surface area contributed by atoms with Gasteiger partial charge in [-0.25, -0.2) is 5.01 Å². The molecule has 2 unspecified atom stereocenters. The molecule has 2 atom stereocenters. The third-order valence-electron chi connectivity index (χ3n) is 2.69. The highest BCUT2D eigenvalue weighted by atomic mass is 15.5. The van der Waals surface area contributed by atoms with Gasteiger partial charge in [0.25, 0.3) is 0 Å². The Labute approximate surface area is 104 Å². The summed E-state index contributed by atoms with van der Waals surface area (Å²) in [4.78, 5) is 0. The number of unbranched alkanes of at least 4 members (excludes halogenated alkanes) is 2. The Hall–Kier alpha value is -0.0800. The van der Waals surface area contributed by atoms with Crippen LogP contribution in [0.1, 0.15) is 73.6 Å². The average Bonchev–Trinajstić information content (AvgIpc) is 2.28. The van der Waals surface area contributed by atoms with Crippen molar-refractivity contribution in [2.75, 3.05) is 6.54 Å². The van der Waals surface area contributed by atoms with E-state index in [-0.39, 0.29) is 0 Å². The van der Waals surface area contributed by atoms with E-state index < -0.39 is 0 Å². The van der Waals surface area contributed by atoms with Crippen LogP contribution in [0.25, 0.3) is 0 Å². The molecule has 16 heavy (non-hydrogen) atoms. The summed E-state index contributed by atoms with van der Waals surface area (Å²) < 4.78 is 0. The van der Waals surface area contributed by atoms with Gasteiger partial charge in [-0.1, -0.05) is 67.2 Å². The van der Waals surface area contributed by atoms with Crippen LogP contribution in [0.4, 0.5) is 0 Å². The Morgan fingerprint density at radius 1 is 1.12 bits per heavy atom. The Balaban J connectivity index is 0. The zero-order chi connectivity index (χ0) is 13.0. The summed E-state index contributed by atoms with van der Waals surface area (Å²) in [6, 6.07) is 0.682. The van der Waals surface area contributed by atoms with Crippen LogP contribution in [0, 0.1) is 5.92 Å². The van der Waals surface area contributed by atoms with E-state index in [4.69, 9.17) is 5.84 Å². The minimum Gasteiger partial charge on any atom is -0.269 e. The minimum absolute atomic E-state index is 0.682. The normalized spacial score (nSPS) is 23.4. The van der Waals surface area contributed by atoms with Gasteiger partial charge in [0.2, 0.25) is 0 Å². The zero-order valence-corrected chi connectivity index (χ0v) is 12.4. The second-order valence-corrected chi connectivity index (χ2v) is 4.44. The summed E-state index contributed by atoms with van der Waals surface area (Å²) in [5.41, 5.74) is 0. The maximum atomic E-state index is 5.73. The van der Waals surface area contributed by atoms with Crippen molar-refractivity contribution in [1.29, 1.82) is 0 Å². The van der Waals surface area contributed by atoms with Crippen LogP contribution in [0.3, 0.4) is 0 Å². The van der Waals surface area contributed by atoms with Gasteiger partial charge < -0.3 is 0 Å². The van der Waals surface area contributed by atoms with E-state index in [1.54, 1.807) is 0 Å². The van der Waals surface area contributed by atoms with E-state index in [0.29, 0.717) is 6.04 Å². The van der Waals surface area contributed by atoms with Crippen LogP contribution >= 0.6 is 0 Å². The molecule has 0 saturated carbocycles.